The molecule has 106 valence electrons. The summed E-state index contributed by atoms with van der Waals surface area (Å²) in [5.74, 6) is 0.512. The fourth-order valence-electron chi connectivity index (χ4n) is 2.36. The molecule has 0 aliphatic carbocycles. The van der Waals surface area contributed by atoms with Crippen LogP contribution in [0.25, 0.3) is 0 Å². The van der Waals surface area contributed by atoms with Crippen molar-refractivity contribution in [2.75, 3.05) is 6.54 Å². The zero-order valence-electron chi connectivity index (χ0n) is 12.8. The second-order valence-corrected chi connectivity index (χ2v) is 6.43. The molecule has 0 aliphatic rings. The van der Waals surface area contributed by atoms with Gasteiger partial charge in [-0.1, -0.05) is 60.7 Å². The fourth-order valence-corrected chi connectivity index (χ4v) is 2.36. The van der Waals surface area contributed by atoms with E-state index in [9.17, 15) is 0 Å². The van der Waals surface area contributed by atoms with Crippen molar-refractivity contribution in [3.05, 3.63) is 71.8 Å². The molecule has 0 fully saturated rings. The number of nitrogens with one attached hydrogen (secondary N) is 1. The predicted molar refractivity (Wildman–Crippen MR) is 87.1 cm³/mol. The van der Waals surface area contributed by atoms with Gasteiger partial charge in [-0.3, -0.25) is 0 Å². The number of hydrogen-bond acceptors (Lipinski definition) is 1. The van der Waals surface area contributed by atoms with Crippen molar-refractivity contribution in [1.82, 2.24) is 5.32 Å². The largest absolute Gasteiger partial charge is 0.311 e. The molecule has 20 heavy (non-hydrogen) atoms. The summed E-state index contributed by atoms with van der Waals surface area (Å²) >= 11 is 0. The van der Waals surface area contributed by atoms with Gasteiger partial charge < -0.3 is 5.32 Å². The van der Waals surface area contributed by atoms with Gasteiger partial charge in [0.25, 0.3) is 0 Å². The monoisotopic (exact) mass is 267 g/mol. The Morgan fingerprint density at radius 3 is 1.95 bits per heavy atom. The molecular weight excluding hydrogens is 242 g/mol. The molecule has 2 rings (SSSR count). The first-order valence-electron chi connectivity index (χ1n) is 7.38. The molecule has 1 unspecified atom stereocenters. The maximum Gasteiger partial charge on any atom is 0.00967 e. The Morgan fingerprint density at radius 2 is 1.40 bits per heavy atom. The van der Waals surface area contributed by atoms with Crippen molar-refractivity contribution < 1.29 is 0 Å². The van der Waals surface area contributed by atoms with Crippen LogP contribution in [0.15, 0.2) is 60.7 Å². The van der Waals surface area contributed by atoms with E-state index in [2.05, 4.69) is 86.8 Å². The van der Waals surface area contributed by atoms with E-state index in [-0.39, 0.29) is 5.54 Å². The van der Waals surface area contributed by atoms with Gasteiger partial charge in [-0.2, -0.15) is 0 Å². The molecule has 1 heteroatoms. The zero-order chi connectivity index (χ0) is 14.4. The molecule has 0 saturated heterocycles. The van der Waals surface area contributed by atoms with Crippen LogP contribution in [-0.2, 0) is 6.42 Å². The van der Waals surface area contributed by atoms with Crippen LogP contribution in [0.3, 0.4) is 0 Å². The van der Waals surface area contributed by atoms with Gasteiger partial charge in [0, 0.05) is 18.0 Å². The smallest absolute Gasteiger partial charge is 0.00967 e. The van der Waals surface area contributed by atoms with Crippen molar-refractivity contribution in [3.8, 4) is 0 Å². The van der Waals surface area contributed by atoms with Crippen molar-refractivity contribution in [2.24, 2.45) is 0 Å². The standard InChI is InChI=1S/C19H25N/c1-19(2,3)20-15-18(17-12-8-5-9-13-17)14-16-10-6-4-7-11-16/h4-13,18,20H,14-15H2,1-3H3. The molecular formula is C19H25N. The van der Waals surface area contributed by atoms with E-state index < -0.39 is 0 Å². The zero-order valence-corrected chi connectivity index (χ0v) is 12.8. The predicted octanol–water partition coefficient (Wildman–Crippen LogP) is 4.40. The first kappa shape index (κ1) is 14.8. The molecule has 0 bridgehead atoms. The summed E-state index contributed by atoms with van der Waals surface area (Å²) in [6.07, 6.45) is 1.08. The molecule has 0 aliphatic heterocycles. The lowest BCUT2D eigenvalue weighted by Gasteiger charge is -2.26. The van der Waals surface area contributed by atoms with E-state index in [4.69, 9.17) is 0 Å². The minimum absolute atomic E-state index is 0.156. The van der Waals surface area contributed by atoms with Gasteiger partial charge in [0.1, 0.15) is 0 Å². The van der Waals surface area contributed by atoms with Crippen molar-refractivity contribution in [1.29, 1.82) is 0 Å². The number of rotatable bonds is 5. The van der Waals surface area contributed by atoms with Gasteiger partial charge in [-0.25, -0.2) is 0 Å². The van der Waals surface area contributed by atoms with Crippen LogP contribution < -0.4 is 5.32 Å². The third kappa shape index (κ3) is 4.82. The van der Waals surface area contributed by atoms with Gasteiger partial charge in [0.2, 0.25) is 0 Å². The van der Waals surface area contributed by atoms with Crippen LogP contribution in [0.2, 0.25) is 0 Å². The van der Waals surface area contributed by atoms with Gasteiger partial charge in [0.15, 0.2) is 0 Å². The summed E-state index contributed by atoms with van der Waals surface area (Å²) in [6, 6.07) is 21.6. The Kier molecular flexibility index (Phi) is 4.97. The van der Waals surface area contributed by atoms with Crippen molar-refractivity contribution >= 4 is 0 Å². The molecule has 1 N–H and O–H groups in total. The highest BCUT2D eigenvalue weighted by Gasteiger charge is 2.16. The molecule has 0 spiro atoms. The minimum Gasteiger partial charge on any atom is -0.311 e. The normalized spacial score (nSPS) is 13.2. The van der Waals surface area contributed by atoms with E-state index in [0.717, 1.165) is 13.0 Å². The molecule has 0 saturated carbocycles. The van der Waals surface area contributed by atoms with Crippen LogP contribution in [0.4, 0.5) is 0 Å². The molecule has 2 aromatic carbocycles. The third-order valence-corrected chi connectivity index (χ3v) is 3.47. The molecule has 0 amide bonds. The Bertz CT molecular complexity index is 496. The molecule has 1 atom stereocenters. The lowest BCUT2D eigenvalue weighted by atomic mass is 9.91. The van der Waals surface area contributed by atoms with Crippen LogP contribution in [0.1, 0.15) is 37.8 Å². The fraction of sp³-hybridized carbons (Fsp3) is 0.368. The van der Waals surface area contributed by atoms with Gasteiger partial charge in [0.05, 0.1) is 0 Å². The lowest BCUT2D eigenvalue weighted by molar-refractivity contribution is 0.405. The number of benzene rings is 2. The van der Waals surface area contributed by atoms with E-state index in [1.165, 1.54) is 11.1 Å². The quantitative estimate of drug-likeness (QED) is 0.846. The van der Waals surface area contributed by atoms with Gasteiger partial charge in [-0.15, -0.1) is 0 Å². The topological polar surface area (TPSA) is 12.0 Å². The van der Waals surface area contributed by atoms with Gasteiger partial charge >= 0.3 is 0 Å². The summed E-state index contributed by atoms with van der Waals surface area (Å²) in [5.41, 5.74) is 2.97. The lowest BCUT2D eigenvalue weighted by Crippen LogP contribution is -2.39. The van der Waals surface area contributed by atoms with E-state index >= 15 is 0 Å². The van der Waals surface area contributed by atoms with E-state index in [1.807, 2.05) is 0 Å². The first-order chi connectivity index (χ1) is 9.54. The third-order valence-electron chi connectivity index (χ3n) is 3.47. The average molecular weight is 267 g/mol. The van der Waals surface area contributed by atoms with Crippen LogP contribution in [0, 0.1) is 0 Å². The Balaban J connectivity index is 2.12. The Labute approximate surface area is 123 Å². The Hall–Kier alpha value is -1.60. The highest BCUT2D eigenvalue weighted by Crippen LogP contribution is 2.21. The molecule has 0 aromatic heterocycles. The second kappa shape index (κ2) is 6.71. The van der Waals surface area contributed by atoms with Crippen molar-refractivity contribution in [2.45, 2.75) is 38.6 Å². The molecule has 0 radical (unpaired) electrons. The molecule has 2 aromatic rings. The van der Waals surface area contributed by atoms with E-state index in [1.54, 1.807) is 0 Å². The second-order valence-electron chi connectivity index (χ2n) is 6.43. The summed E-state index contributed by atoms with van der Waals surface area (Å²) in [7, 11) is 0. The molecule has 0 heterocycles. The summed E-state index contributed by atoms with van der Waals surface area (Å²) < 4.78 is 0. The highest BCUT2D eigenvalue weighted by atomic mass is 14.9. The SMILES string of the molecule is CC(C)(C)NCC(Cc1ccccc1)c1ccccc1. The maximum atomic E-state index is 3.64. The minimum atomic E-state index is 0.156. The van der Waals surface area contributed by atoms with Crippen LogP contribution in [-0.4, -0.2) is 12.1 Å². The maximum absolute atomic E-state index is 3.64. The van der Waals surface area contributed by atoms with E-state index in [0.29, 0.717) is 5.92 Å². The first-order valence-corrected chi connectivity index (χ1v) is 7.38. The van der Waals surface area contributed by atoms with Gasteiger partial charge in [-0.05, 0) is 38.3 Å². The summed E-state index contributed by atoms with van der Waals surface area (Å²) in [5, 5.41) is 3.64. The number of hydrogen-bond donors (Lipinski definition) is 1. The Morgan fingerprint density at radius 1 is 0.850 bits per heavy atom. The highest BCUT2D eigenvalue weighted by molar-refractivity contribution is 5.24. The van der Waals surface area contributed by atoms with Crippen molar-refractivity contribution in [3.63, 3.8) is 0 Å². The van der Waals surface area contributed by atoms with Crippen LogP contribution in [0.5, 0.6) is 0 Å². The van der Waals surface area contributed by atoms with Crippen LogP contribution >= 0.6 is 0 Å². The summed E-state index contributed by atoms with van der Waals surface area (Å²) in [4.78, 5) is 0. The molecule has 1 nitrogen and oxygen atoms in total. The summed E-state index contributed by atoms with van der Waals surface area (Å²) in [6.45, 7) is 7.66. The average Bonchev–Trinajstić information content (AvgIpc) is 2.44.